The van der Waals surface area contributed by atoms with E-state index in [0.29, 0.717) is 51.9 Å². The Morgan fingerprint density at radius 1 is 1.16 bits per heavy atom. The number of carbonyl (C=O) groups is 1. The molecule has 0 saturated carbocycles. The van der Waals surface area contributed by atoms with Crippen molar-refractivity contribution >= 4 is 18.0 Å². The number of hydrogen-bond donors (Lipinski definition) is 0. The molecule has 0 bridgehead atoms. The molecule has 0 atom stereocenters. The first-order chi connectivity index (χ1) is 15.2. The lowest BCUT2D eigenvalue weighted by Gasteiger charge is -2.29. The maximum Gasteiger partial charge on any atom is 0.410 e. The first kappa shape index (κ1) is 21.1. The number of anilines is 1. The molecule has 4 rings (SSSR count). The summed E-state index contributed by atoms with van der Waals surface area (Å²) in [6.45, 7) is 7.58. The number of nitrogens with zero attached hydrogens (tertiary/aromatic N) is 4. The van der Waals surface area contributed by atoms with Crippen LogP contribution in [-0.2, 0) is 16.0 Å². The molecule has 2 fully saturated rings. The molecule has 3 heterocycles. The van der Waals surface area contributed by atoms with E-state index in [4.69, 9.17) is 14.2 Å². The van der Waals surface area contributed by atoms with Crippen molar-refractivity contribution in [2.75, 3.05) is 57.5 Å². The van der Waals surface area contributed by atoms with Gasteiger partial charge in [-0.1, -0.05) is 29.8 Å². The van der Waals surface area contributed by atoms with Crippen LogP contribution in [-0.4, -0.2) is 74.8 Å². The summed E-state index contributed by atoms with van der Waals surface area (Å²) in [7, 11) is 0. The quantitative estimate of drug-likeness (QED) is 0.607. The molecule has 0 radical (unpaired) electrons. The highest BCUT2D eigenvalue weighted by molar-refractivity contribution is 5.79. The van der Waals surface area contributed by atoms with E-state index in [9.17, 15) is 4.79 Å². The normalized spacial score (nSPS) is 16.7. The molecule has 0 unspecified atom stereocenters. The van der Waals surface area contributed by atoms with E-state index < -0.39 is 0 Å². The molecule has 31 heavy (non-hydrogen) atoms. The smallest absolute Gasteiger partial charge is 0.410 e. The first-order valence-electron chi connectivity index (χ1n) is 10.6. The fraction of sp³-hybridized carbons (Fsp3) is 0.435. The van der Waals surface area contributed by atoms with Crippen LogP contribution in [0.5, 0.6) is 5.88 Å². The van der Waals surface area contributed by atoms with E-state index in [1.165, 1.54) is 5.56 Å². The van der Waals surface area contributed by atoms with Crippen LogP contribution < -0.4 is 9.64 Å². The summed E-state index contributed by atoms with van der Waals surface area (Å²) in [5, 5.41) is 0. The van der Waals surface area contributed by atoms with Gasteiger partial charge in [-0.3, -0.25) is 4.99 Å². The van der Waals surface area contributed by atoms with Gasteiger partial charge in [-0.25, -0.2) is 9.78 Å². The monoisotopic (exact) mass is 424 g/mol. The molecule has 8 heteroatoms. The van der Waals surface area contributed by atoms with Crippen LogP contribution in [0.25, 0.3) is 0 Å². The summed E-state index contributed by atoms with van der Waals surface area (Å²) in [6.07, 6.45) is 1.50. The average Bonchev–Trinajstić information content (AvgIpc) is 3.19. The Kier molecular flexibility index (Phi) is 6.99. The van der Waals surface area contributed by atoms with Gasteiger partial charge in [-0.2, -0.15) is 0 Å². The number of hydrogen-bond acceptors (Lipinski definition) is 7. The van der Waals surface area contributed by atoms with Crippen LogP contribution in [0.15, 0.2) is 41.4 Å². The highest BCUT2D eigenvalue weighted by atomic mass is 16.6. The number of ether oxygens (including phenoxy) is 3. The molecule has 0 N–H and O–H groups in total. The Bertz CT molecular complexity index is 928. The SMILES string of the molecule is Cc1cccc(CN=Cc2cc(N3CCOCC3)cc(OCCN3CCOC3=O)n2)c1. The summed E-state index contributed by atoms with van der Waals surface area (Å²) in [4.78, 5) is 24.7. The molecular formula is C23H28N4O4. The van der Waals surface area contributed by atoms with E-state index >= 15 is 0 Å². The third kappa shape index (κ3) is 5.95. The minimum atomic E-state index is -0.289. The number of aryl methyl sites for hydroxylation is 1. The zero-order valence-electron chi connectivity index (χ0n) is 17.8. The van der Waals surface area contributed by atoms with Gasteiger partial charge >= 0.3 is 6.09 Å². The number of aliphatic imine (C=N–C) groups is 1. The molecule has 1 aromatic heterocycles. The summed E-state index contributed by atoms with van der Waals surface area (Å²) in [5.74, 6) is 0.522. The van der Waals surface area contributed by atoms with Gasteiger partial charge in [0.05, 0.1) is 38.5 Å². The number of aromatic nitrogens is 1. The largest absolute Gasteiger partial charge is 0.476 e. The van der Waals surface area contributed by atoms with Crippen LogP contribution in [0.2, 0.25) is 0 Å². The lowest BCUT2D eigenvalue weighted by Crippen LogP contribution is -2.36. The predicted molar refractivity (Wildman–Crippen MR) is 118 cm³/mol. The second-order valence-corrected chi connectivity index (χ2v) is 7.60. The van der Waals surface area contributed by atoms with Gasteiger partial charge in [0.15, 0.2) is 0 Å². The summed E-state index contributed by atoms with van der Waals surface area (Å²) in [6, 6.07) is 12.3. The average molecular weight is 425 g/mol. The molecule has 2 aliphatic rings. The zero-order chi connectivity index (χ0) is 21.5. The number of benzene rings is 1. The fourth-order valence-corrected chi connectivity index (χ4v) is 3.60. The third-order valence-electron chi connectivity index (χ3n) is 5.22. The Labute approximate surface area is 182 Å². The van der Waals surface area contributed by atoms with Gasteiger partial charge in [-0.15, -0.1) is 0 Å². The molecule has 1 amide bonds. The first-order valence-corrected chi connectivity index (χ1v) is 10.6. The van der Waals surface area contributed by atoms with E-state index in [-0.39, 0.29) is 6.09 Å². The van der Waals surface area contributed by atoms with Crippen LogP contribution in [0.1, 0.15) is 16.8 Å². The maximum atomic E-state index is 11.6. The molecule has 0 spiro atoms. The lowest BCUT2D eigenvalue weighted by molar-refractivity contribution is 0.122. The van der Waals surface area contributed by atoms with Crippen molar-refractivity contribution < 1.29 is 19.0 Å². The number of cyclic esters (lactones) is 1. The molecule has 164 valence electrons. The minimum absolute atomic E-state index is 0.289. The molecule has 2 saturated heterocycles. The van der Waals surface area contributed by atoms with Crippen LogP contribution in [0.3, 0.4) is 0 Å². The van der Waals surface area contributed by atoms with Gasteiger partial charge in [0.1, 0.15) is 13.2 Å². The molecule has 2 aliphatic heterocycles. The Hall–Kier alpha value is -3.13. The van der Waals surface area contributed by atoms with Crippen molar-refractivity contribution in [1.82, 2.24) is 9.88 Å². The maximum absolute atomic E-state index is 11.6. The number of carbonyl (C=O) groups excluding carboxylic acids is 1. The Morgan fingerprint density at radius 2 is 2.03 bits per heavy atom. The number of amides is 1. The van der Waals surface area contributed by atoms with Gasteiger partial charge in [0, 0.05) is 31.1 Å². The van der Waals surface area contributed by atoms with Gasteiger partial charge in [0.25, 0.3) is 0 Å². The van der Waals surface area contributed by atoms with Crippen LogP contribution in [0, 0.1) is 6.92 Å². The number of pyridine rings is 1. The highest BCUT2D eigenvalue weighted by Crippen LogP contribution is 2.22. The molecular weight excluding hydrogens is 396 g/mol. The molecule has 1 aromatic carbocycles. The number of morpholine rings is 1. The van der Waals surface area contributed by atoms with E-state index in [0.717, 1.165) is 30.0 Å². The van der Waals surface area contributed by atoms with E-state index in [2.05, 4.69) is 40.0 Å². The zero-order valence-corrected chi connectivity index (χ0v) is 17.8. The lowest BCUT2D eigenvalue weighted by atomic mass is 10.1. The summed E-state index contributed by atoms with van der Waals surface area (Å²) < 4.78 is 16.3. The van der Waals surface area contributed by atoms with E-state index in [1.807, 2.05) is 18.2 Å². The van der Waals surface area contributed by atoms with Crippen molar-refractivity contribution in [3.63, 3.8) is 0 Å². The van der Waals surface area contributed by atoms with Crippen molar-refractivity contribution in [2.24, 2.45) is 4.99 Å². The van der Waals surface area contributed by atoms with Gasteiger partial charge in [-0.05, 0) is 18.6 Å². The molecule has 0 aliphatic carbocycles. The highest BCUT2D eigenvalue weighted by Gasteiger charge is 2.21. The standard InChI is InChI=1S/C23H28N4O4/c1-18-3-2-4-19(13-18)16-24-17-20-14-21(26-5-9-29-10-6-26)15-22(25-20)30-11-7-27-8-12-31-23(27)28/h2-4,13-15,17H,5-12,16H2,1H3. The van der Waals surface area contributed by atoms with Gasteiger partial charge in [0.2, 0.25) is 5.88 Å². The van der Waals surface area contributed by atoms with Crippen LogP contribution >= 0.6 is 0 Å². The predicted octanol–water partition coefficient (Wildman–Crippen LogP) is 2.68. The van der Waals surface area contributed by atoms with Crippen molar-refractivity contribution in [3.8, 4) is 5.88 Å². The van der Waals surface area contributed by atoms with Crippen molar-refractivity contribution in [1.29, 1.82) is 0 Å². The second-order valence-electron chi connectivity index (χ2n) is 7.60. The van der Waals surface area contributed by atoms with Crippen molar-refractivity contribution in [3.05, 3.63) is 53.2 Å². The fourth-order valence-electron chi connectivity index (χ4n) is 3.60. The second kappa shape index (κ2) is 10.3. The molecule has 2 aromatic rings. The van der Waals surface area contributed by atoms with E-state index in [1.54, 1.807) is 11.1 Å². The summed E-state index contributed by atoms with van der Waals surface area (Å²) in [5.41, 5.74) is 4.16. The molecule has 8 nitrogen and oxygen atoms in total. The van der Waals surface area contributed by atoms with Crippen molar-refractivity contribution in [2.45, 2.75) is 13.5 Å². The summed E-state index contributed by atoms with van der Waals surface area (Å²) >= 11 is 0. The van der Waals surface area contributed by atoms with Gasteiger partial charge < -0.3 is 24.0 Å². The Morgan fingerprint density at radius 3 is 2.81 bits per heavy atom. The minimum Gasteiger partial charge on any atom is -0.476 e. The Balaban J connectivity index is 1.45. The van der Waals surface area contributed by atoms with Crippen LogP contribution in [0.4, 0.5) is 10.5 Å². The topological polar surface area (TPSA) is 76.5 Å². The number of rotatable bonds is 8. The third-order valence-corrected chi connectivity index (χ3v) is 5.22.